The quantitative estimate of drug-likeness (QED) is 0.229. The first-order valence-corrected chi connectivity index (χ1v) is 12.4. The van der Waals surface area contributed by atoms with Crippen LogP contribution in [0.4, 0.5) is 11.4 Å². The summed E-state index contributed by atoms with van der Waals surface area (Å²) in [6, 6.07) is 10.7. The third-order valence-corrected chi connectivity index (χ3v) is 6.70. The van der Waals surface area contributed by atoms with Gasteiger partial charge in [-0.05, 0) is 57.2 Å². The summed E-state index contributed by atoms with van der Waals surface area (Å²) < 4.78 is 0. The van der Waals surface area contributed by atoms with E-state index in [1.807, 2.05) is 12.1 Å². The molecule has 0 saturated carbocycles. The van der Waals surface area contributed by atoms with Crippen molar-refractivity contribution in [3.05, 3.63) is 66.2 Å². The van der Waals surface area contributed by atoms with E-state index in [4.69, 9.17) is 5.73 Å². The molecule has 11 nitrogen and oxygen atoms in total. The average Bonchev–Trinajstić information content (AvgIpc) is 3.37. The van der Waals surface area contributed by atoms with E-state index in [1.165, 1.54) is 0 Å². The number of fused-ring (bicyclic) bond motifs is 1. The summed E-state index contributed by atoms with van der Waals surface area (Å²) in [5.74, 6) is -0.104. The number of likely N-dealkylation sites (tertiary alicyclic amines) is 1. The number of nitrogens with zero attached hydrogens (tertiary/aromatic N) is 5. The lowest BCUT2D eigenvalue weighted by Gasteiger charge is -2.28. The van der Waals surface area contributed by atoms with Crippen molar-refractivity contribution in [2.24, 2.45) is 16.6 Å². The van der Waals surface area contributed by atoms with Gasteiger partial charge in [0.05, 0.1) is 28.5 Å². The van der Waals surface area contributed by atoms with Gasteiger partial charge in [0.15, 0.2) is 11.5 Å². The number of nitrogens with one attached hydrogen (secondary N) is 3. The van der Waals surface area contributed by atoms with E-state index in [9.17, 15) is 9.59 Å². The topological polar surface area (TPSA) is 154 Å². The van der Waals surface area contributed by atoms with Gasteiger partial charge in [-0.15, -0.1) is 0 Å². The number of piperidine rings is 1. The number of hydrogen-bond donors (Lipinski definition) is 4. The molecule has 0 spiro atoms. The highest BCUT2D eigenvalue weighted by Gasteiger charge is 2.23. The van der Waals surface area contributed by atoms with E-state index in [2.05, 4.69) is 47.7 Å². The SMILES string of the molecule is CNC(=O)c1ccccc1/N=C(\N)c1n[nH]c2ncc(-c3cncc(NC(=O)C4CCN(C)CC4)c3)cc12. The van der Waals surface area contributed by atoms with E-state index in [0.29, 0.717) is 33.7 Å². The maximum Gasteiger partial charge on any atom is 0.253 e. The molecule has 38 heavy (non-hydrogen) atoms. The Morgan fingerprint density at radius 2 is 1.87 bits per heavy atom. The maximum absolute atomic E-state index is 12.8. The first-order chi connectivity index (χ1) is 18.4. The van der Waals surface area contributed by atoms with Gasteiger partial charge in [0, 0.05) is 36.5 Å². The number of carbonyl (C=O) groups is 2. The molecule has 0 bridgehead atoms. The van der Waals surface area contributed by atoms with Gasteiger partial charge in [-0.3, -0.25) is 19.7 Å². The molecule has 2 amide bonds. The standard InChI is InChI=1S/C27H29N9O2/c1-29-27(38)20-5-3-4-6-22(20)33-24(28)23-21-12-18(14-31-25(21)35-34-23)17-11-19(15-30-13-17)32-26(37)16-7-9-36(2)10-8-16/h3-6,11-16H,7-10H2,1-2H3,(H2,28,33)(H,29,38)(H,32,37)(H,31,34,35). The summed E-state index contributed by atoms with van der Waals surface area (Å²) in [4.78, 5) is 40.5. The Labute approximate surface area is 219 Å². The third kappa shape index (κ3) is 5.23. The number of aliphatic imine (C=N–C) groups is 1. The van der Waals surface area contributed by atoms with Crippen LogP contribution in [0.3, 0.4) is 0 Å². The molecule has 1 fully saturated rings. The van der Waals surface area contributed by atoms with Crippen LogP contribution in [0.15, 0.2) is 60.0 Å². The van der Waals surface area contributed by atoms with Gasteiger partial charge < -0.3 is 21.3 Å². The summed E-state index contributed by atoms with van der Waals surface area (Å²) >= 11 is 0. The van der Waals surface area contributed by atoms with Crippen molar-refractivity contribution < 1.29 is 9.59 Å². The molecule has 1 saturated heterocycles. The second-order valence-corrected chi connectivity index (χ2v) is 9.31. The lowest BCUT2D eigenvalue weighted by Crippen LogP contribution is -2.35. The van der Waals surface area contributed by atoms with Crippen molar-refractivity contribution in [3.8, 4) is 11.1 Å². The number of amidine groups is 1. The molecular weight excluding hydrogens is 482 g/mol. The van der Waals surface area contributed by atoms with Crippen LogP contribution in [0.1, 0.15) is 28.9 Å². The smallest absolute Gasteiger partial charge is 0.253 e. The fourth-order valence-corrected chi connectivity index (χ4v) is 4.52. The van der Waals surface area contributed by atoms with Crippen LogP contribution in [-0.4, -0.2) is 69.9 Å². The first kappa shape index (κ1) is 25.0. The predicted octanol–water partition coefficient (Wildman–Crippen LogP) is 2.70. The van der Waals surface area contributed by atoms with Crippen molar-refractivity contribution in [1.29, 1.82) is 0 Å². The van der Waals surface area contributed by atoms with E-state index in [1.54, 1.807) is 49.9 Å². The number of nitrogens with two attached hydrogens (primary N) is 1. The van der Waals surface area contributed by atoms with Crippen LogP contribution in [0.2, 0.25) is 0 Å². The van der Waals surface area contributed by atoms with Crippen molar-refractivity contribution >= 4 is 40.1 Å². The largest absolute Gasteiger partial charge is 0.382 e. The van der Waals surface area contributed by atoms with E-state index >= 15 is 0 Å². The molecule has 3 aromatic heterocycles. The Morgan fingerprint density at radius 1 is 1.11 bits per heavy atom. The highest BCUT2D eigenvalue weighted by Crippen LogP contribution is 2.27. The number of aromatic amines is 1. The van der Waals surface area contributed by atoms with Crippen molar-refractivity contribution in [1.82, 2.24) is 30.4 Å². The van der Waals surface area contributed by atoms with Gasteiger partial charge >= 0.3 is 0 Å². The van der Waals surface area contributed by atoms with Crippen LogP contribution in [-0.2, 0) is 4.79 Å². The van der Waals surface area contributed by atoms with Gasteiger partial charge in [-0.25, -0.2) is 9.98 Å². The normalized spacial score (nSPS) is 14.9. The van der Waals surface area contributed by atoms with Crippen LogP contribution in [0.25, 0.3) is 22.2 Å². The molecule has 4 aromatic rings. The molecule has 0 atom stereocenters. The number of H-pyrrole nitrogens is 1. The molecule has 0 unspecified atom stereocenters. The molecule has 0 radical (unpaired) electrons. The van der Waals surface area contributed by atoms with Crippen LogP contribution in [0.5, 0.6) is 0 Å². The van der Waals surface area contributed by atoms with Gasteiger partial charge in [-0.1, -0.05) is 12.1 Å². The van der Waals surface area contributed by atoms with Crippen LogP contribution < -0.4 is 16.4 Å². The molecule has 4 heterocycles. The number of amides is 2. The number of pyridine rings is 2. The summed E-state index contributed by atoms with van der Waals surface area (Å²) in [6.07, 6.45) is 6.74. The zero-order chi connectivity index (χ0) is 26.6. The average molecular weight is 512 g/mol. The molecule has 1 aliphatic rings. The van der Waals surface area contributed by atoms with Crippen molar-refractivity contribution in [3.63, 3.8) is 0 Å². The predicted molar refractivity (Wildman–Crippen MR) is 146 cm³/mol. The number of rotatable bonds is 6. The Morgan fingerprint density at radius 3 is 2.66 bits per heavy atom. The number of aromatic nitrogens is 4. The first-order valence-electron chi connectivity index (χ1n) is 12.4. The van der Waals surface area contributed by atoms with Crippen molar-refractivity contribution in [2.75, 3.05) is 32.5 Å². The summed E-state index contributed by atoms with van der Waals surface area (Å²) in [7, 11) is 3.63. The molecule has 5 N–H and O–H groups in total. The monoisotopic (exact) mass is 511 g/mol. The van der Waals surface area contributed by atoms with Crippen molar-refractivity contribution in [2.45, 2.75) is 12.8 Å². The molecule has 194 valence electrons. The van der Waals surface area contributed by atoms with E-state index < -0.39 is 0 Å². The number of carbonyl (C=O) groups excluding carboxylic acids is 2. The highest BCUT2D eigenvalue weighted by atomic mass is 16.2. The van der Waals surface area contributed by atoms with E-state index in [-0.39, 0.29) is 23.6 Å². The molecule has 1 aliphatic heterocycles. The summed E-state index contributed by atoms with van der Waals surface area (Å²) in [5, 5.41) is 13.5. The third-order valence-electron chi connectivity index (χ3n) is 6.70. The minimum Gasteiger partial charge on any atom is -0.382 e. The van der Waals surface area contributed by atoms with E-state index in [0.717, 1.165) is 37.1 Å². The molecular formula is C27H29N9O2. The van der Waals surface area contributed by atoms with Crippen LogP contribution in [0, 0.1) is 5.92 Å². The number of para-hydroxylation sites is 1. The van der Waals surface area contributed by atoms with Crippen LogP contribution >= 0.6 is 0 Å². The lowest BCUT2D eigenvalue weighted by atomic mass is 9.96. The zero-order valence-corrected chi connectivity index (χ0v) is 21.2. The Kier molecular flexibility index (Phi) is 7.09. The lowest BCUT2D eigenvalue weighted by molar-refractivity contribution is -0.121. The Balaban J connectivity index is 1.42. The molecule has 5 rings (SSSR count). The Bertz CT molecular complexity index is 1520. The summed E-state index contributed by atoms with van der Waals surface area (Å²) in [5.41, 5.74) is 10.3. The Hall–Kier alpha value is -4.64. The number of hydrogen-bond acceptors (Lipinski definition) is 7. The fraction of sp³-hybridized carbons (Fsp3) is 0.259. The second kappa shape index (κ2) is 10.8. The van der Waals surface area contributed by atoms with Gasteiger partial charge in [0.1, 0.15) is 5.69 Å². The fourth-order valence-electron chi connectivity index (χ4n) is 4.52. The summed E-state index contributed by atoms with van der Waals surface area (Å²) in [6.45, 7) is 1.83. The van der Waals surface area contributed by atoms with Gasteiger partial charge in [0.2, 0.25) is 5.91 Å². The van der Waals surface area contributed by atoms with Gasteiger partial charge in [0.25, 0.3) is 5.91 Å². The minimum atomic E-state index is -0.261. The number of benzene rings is 1. The second-order valence-electron chi connectivity index (χ2n) is 9.31. The zero-order valence-electron chi connectivity index (χ0n) is 21.2. The minimum absolute atomic E-state index is 0.00263. The maximum atomic E-state index is 12.8. The number of anilines is 1. The molecule has 11 heteroatoms. The van der Waals surface area contributed by atoms with Gasteiger partial charge in [-0.2, -0.15) is 5.10 Å². The highest BCUT2D eigenvalue weighted by molar-refractivity contribution is 6.09. The molecule has 0 aliphatic carbocycles. The molecule has 1 aromatic carbocycles.